The highest BCUT2D eigenvalue weighted by Gasteiger charge is 2.44. The van der Waals surface area contributed by atoms with Crippen LogP contribution < -0.4 is 10.6 Å². The molecule has 0 atom stereocenters. The average Bonchev–Trinajstić information content (AvgIpc) is 3.77. The number of carbonyl (C=O) groups is 4. The first-order chi connectivity index (χ1) is 23.8. The molecular weight excluding hydrogens is 620 g/mol. The average molecular weight is 667 g/mol. The summed E-state index contributed by atoms with van der Waals surface area (Å²) in [5.41, 5.74) is 3.57. The minimum atomic E-state index is -1.08. The van der Waals surface area contributed by atoms with Gasteiger partial charge in [-0.1, -0.05) is 117 Å². The predicted octanol–water partition coefficient (Wildman–Crippen LogP) is 6.66. The Hall–Kier alpha value is -4.86. The number of benzene rings is 3. The van der Waals surface area contributed by atoms with E-state index in [1.807, 2.05) is 78.9 Å². The van der Waals surface area contributed by atoms with Gasteiger partial charge in [-0.15, -0.1) is 0 Å². The van der Waals surface area contributed by atoms with Crippen LogP contribution in [0.15, 0.2) is 78.9 Å². The molecule has 0 aromatic heterocycles. The second kappa shape index (κ2) is 15.1. The SMILES string of the molecule is O=C(NC1(C(=O)O)CCCCC1)N1Cc2ccccc2C1.O=C(NC1(C(=O)OCc2ccccc2)CCCCC1)N1Cc2ccccc2C1. The number of amides is 4. The summed E-state index contributed by atoms with van der Waals surface area (Å²) in [5.74, 6) is -1.23. The van der Waals surface area contributed by atoms with Crippen LogP contribution in [0.1, 0.15) is 92.0 Å². The van der Waals surface area contributed by atoms with Gasteiger partial charge in [-0.2, -0.15) is 0 Å². The molecule has 258 valence electrons. The summed E-state index contributed by atoms with van der Waals surface area (Å²) in [7, 11) is 0. The highest BCUT2D eigenvalue weighted by molar-refractivity contribution is 5.88. The maximum absolute atomic E-state index is 13.0. The van der Waals surface area contributed by atoms with Gasteiger partial charge in [0.2, 0.25) is 0 Å². The summed E-state index contributed by atoms with van der Waals surface area (Å²) in [6, 6.07) is 25.2. The number of hydrogen-bond donors (Lipinski definition) is 3. The van der Waals surface area contributed by atoms with Crippen LogP contribution in [0, 0.1) is 0 Å². The Labute approximate surface area is 287 Å². The number of ether oxygens (including phenoxy) is 1. The van der Waals surface area contributed by atoms with Crippen molar-refractivity contribution in [3.8, 4) is 0 Å². The standard InChI is InChI=1S/C23H26N2O3.C16H20N2O3/c26-21(28-17-18-9-3-1-4-10-18)23(13-7-2-8-14-23)24-22(27)25-15-19-11-5-6-12-20(19)16-25;19-14(20)16(8-4-1-5-9-16)17-15(21)18-10-12-6-2-3-7-13(12)11-18/h1,3-6,9-12H,2,7-8,13-17H2,(H,24,27);2-3,6-7H,1,4-5,8-11H2,(H,17,21)(H,19,20). The number of carboxylic acid groups (broad SMARTS) is 1. The number of fused-ring (bicyclic) bond motifs is 2. The third kappa shape index (κ3) is 7.90. The number of carboxylic acids is 1. The smallest absolute Gasteiger partial charge is 0.332 e. The van der Waals surface area contributed by atoms with Crippen LogP contribution in [0.3, 0.4) is 0 Å². The molecule has 0 saturated heterocycles. The van der Waals surface area contributed by atoms with Gasteiger partial charge >= 0.3 is 24.0 Å². The molecule has 3 aromatic rings. The number of rotatable bonds is 6. The Morgan fingerprint density at radius 2 is 0.959 bits per heavy atom. The van der Waals surface area contributed by atoms with Gasteiger partial charge < -0.3 is 30.3 Å². The molecule has 2 aliphatic carbocycles. The largest absolute Gasteiger partial charge is 0.480 e. The van der Waals surface area contributed by atoms with Crippen molar-refractivity contribution >= 4 is 24.0 Å². The second-order valence-electron chi connectivity index (χ2n) is 13.8. The molecule has 4 aliphatic rings. The van der Waals surface area contributed by atoms with E-state index in [1.54, 1.807) is 9.80 Å². The Balaban J connectivity index is 0.000000177. The van der Waals surface area contributed by atoms with Crippen LogP contribution in [0.4, 0.5) is 9.59 Å². The van der Waals surface area contributed by atoms with Crippen molar-refractivity contribution in [1.29, 1.82) is 0 Å². The van der Waals surface area contributed by atoms with E-state index in [1.165, 1.54) is 11.1 Å². The Bertz CT molecular complexity index is 1600. The van der Waals surface area contributed by atoms with Crippen LogP contribution in [-0.2, 0) is 47.1 Å². The van der Waals surface area contributed by atoms with Gasteiger partial charge in [0.15, 0.2) is 0 Å². The maximum Gasteiger partial charge on any atom is 0.332 e. The van der Waals surface area contributed by atoms with E-state index in [2.05, 4.69) is 10.6 Å². The topological polar surface area (TPSA) is 128 Å². The number of aliphatic carboxylic acids is 1. The first-order valence-electron chi connectivity index (χ1n) is 17.5. The van der Waals surface area contributed by atoms with Gasteiger partial charge in [-0.05, 0) is 53.5 Å². The van der Waals surface area contributed by atoms with Crippen molar-refractivity contribution in [1.82, 2.24) is 20.4 Å². The minimum Gasteiger partial charge on any atom is -0.480 e. The zero-order valence-electron chi connectivity index (χ0n) is 28.0. The molecule has 7 rings (SSSR count). The molecule has 0 unspecified atom stereocenters. The molecule has 0 bridgehead atoms. The lowest BCUT2D eigenvalue weighted by molar-refractivity contribution is -0.154. The van der Waals surface area contributed by atoms with Crippen molar-refractivity contribution in [2.24, 2.45) is 0 Å². The molecule has 0 radical (unpaired) electrons. The molecule has 4 amide bonds. The van der Waals surface area contributed by atoms with Crippen LogP contribution >= 0.6 is 0 Å². The first-order valence-corrected chi connectivity index (χ1v) is 17.5. The van der Waals surface area contributed by atoms with Crippen molar-refractivity contribution < 1.29 is 29.0 Å². The first kappa shape index (κ1) is 34.0. The minimum absolute atomic E-state index is 0.185. The van der Waals surface area contributed by atoms with Crippen molar-refractivity contribution in [3.05, 3.63) is 107 Å². The molecule has 2 fully saturated rings. The second-order valence-corrected chi connectivity index (χ2v) is 13.8. The monoisotopic (exact) mass is 666 g/mol. The van der Waals surface area contributed by atoms with Gasteiger partial charge in [-0.25, -0.2) is 19.2 Å². The third-order valence-electron chi connectivity index (χ3n) is 10.4. The van der Waals surface area contributed by atoms with Gasteiger partial charge in [0, 0.05) is 26.2 Å². The van der Waals surface area contributed by atoms with Crippen LogP contribution in [-0.4, -0.2) is 50.0 Å². The lowest BCUT2D eigenvalue weighted by atomic mass is 9.81. The number of carbonyl (C=O) groups excluding carboxylic acids is 3. The zero-order valence-corrected chi connectivity index (χ0v) is 28.0. The summed E-state index contributed by atoms with van der Waals surface area (Å²) in [4.78, 5) is 53.5. The number of nitrogens with one attached hydrogen (secondary N) is 2. The van der Waals surface area contributed by atoms with Crippen molar-refractivity contribution in [3.63, 3.8) is 0 Å². The van der Waals surface area contributed by atoms with E-state index in [0.717, 1.165) is 55.2 Å². The van der Waals surface area contributed by atoms with Gasteiger partial charge in [-0.3, -0.25) is 0 Å². The fourth-order valence-electron chi connectivity index (χ4n) is 7.47. The molecule has 3 aromatic carbocycles. The zero-order chi connectivity index (χ0) is 34.3. The lowest BCUT2D eigenvalue weighted by Crippen LogP contribution is -2.58. The van der Waals surface area contributed by atoms with E-state index in [0.29, 0.717) is 51.9 Å². The fraction of sp³-hybridized carbons (Fsp3) is 0.436. The summed E-state index contributed by atoms with van der Waals surface area (Å²) < 4.78 is 5.62. The van der Waals surface area contributed by atoms with E-state index in [9.17, 15) is 24.3 Å². The van der Waals surface area contributed by atoms with E-state index < -0.39 is 17.0 Å². The molecular formula is C39H46N4O6. The molecule has 0 spiro atoms. The van der Waals surface area contributed by atoms with Crippen LogP contribution in [0.5, 0.6) is 0 Å². The lowest BCUT2D eigenvalue weighted by Gasteiger charge is -2.36. The molecule has 10 nitrogen and oxygen atoms in total. The molecule has 2 saturated carbocycles. The summed E-state index contributed by atoms with van der Waals surface area (Å²) >= 11 is 0. The van der Waals surface area contributed by atoms with Gasteiger partial charge in [0.25, 0.3) is 0 Å². The highest BCUT2D eigenvalue weighted by atomic mass is 16.5. The summed E-state index contributed by atoms with van der Waals surface area (Å²) in [6.07, 6.45) is 7.98. The third-order valence-corrected chi connectivity index (χ3v) is 10.4. The van der Waals surface area contributed by atoms with Crippen molar-refractivity contribution in [2.75, 3.05) is 0 Å². The number of urea groups is 2. The quantitative estimate of drug-likeness (QED) is 0.253. The predicted molar refractivity (Wildman–Crippen MR) is 184 cm³/mol. The van der Waals surface area contributed by atoms with Gasteiger partial charge in [0.1, 0.15) is 17.7 Å². The molecule has 2 heterocycles. The molecule has 2 aliphatic heterocycles. The summed E-state index contributed by atoms with van der Waals surface area (Å²) in [5, 5.41) is 15.4. The highest BCUT2D eigenvalue weighted by Crippen LogP contribution is 2.32. The van der Waals surface area contributed by atoms with E-state index in [4.69, 9.17) is 4.74 Å². The Morgan fingerprint density at radius 1 is 0.571 bits per heavy atom. The Morgan fingerprint density at radius 3 is 1.39 bits per heavy atom. The van der Waals surface area contributed by atoms with E-state index >= 15 is 0 Å². The number of hydrogen-bond acceptors (Lipinski definition) is 5. The number of esters is 1. The van der Waals surface area contributed by atoms with Gasteiger partial charge in [0.05, 0.1) is 0 Å². The molecule has 49 heavy (non-hydrogen) atoms. The maximum atomic E-state index is 13.0. The van der Waals surface area contributed by atoms with E-state index in [-0.39, 0.29) is 24.6 Å². The normalized spacial score (nSPS) is 18.6. The Kier molecular flexibility index (Phi) is 10.5. The van der Waals surface area contributed by atoms with Crippen molar-refractivity contribution in [2.45, 2.75) is 108 Å². The summed E-state index contributed by atoms with van der Waals surface area (Å²) in [6.45, 7) is 2.50. The fourth-order valence-corrected chi connectivity index (χ4v) is 7.47. The molecule has 3 N–H and O–H groups in total. The molecule has 10 heteroatoms. The van der Waals surface area contributed by atoms with Crippen LogP contribution in [0.2, 0.25) is 0 Å². The van der Waals surface area contributed by atoms with Crippen LogP contribution in [0.25, 0.3) is 0 Å². The number of nitrogens with zero attached hydrogens (tertiary/aromatic N) is 2.